The van der Waals surface area contributed by atoms with Gasteiger partial charge in [0.2, 0.25) is 0 Å². The van der Waals surface area contributed by atoms with E-state index in [1.165, 1.54) is 15.4 Å². The third-order valence-electron chi connectivity index (χ3n) is 3.15. The lowest BCUT2D eigenvalue weighted by Crippen LogP contribution is -2.22. The van der Waals surface area contributed by atoms with Gasteiger partial charge >= 0.3 is 0 Å². The van der Waals surface area contributed by atoms with Crippen LogP contribution in [0.25, 0.3) is 0 Å². The number of thiazole rings is 1. The molecule has 1 atom stereocenters. The lowest BCUT2D eigenvalue weighted by molar-refractivity contribution is 0.548. The van der Waals surface area contributed by atoms with Crippen LogP contribution in [-0.2, 0) is 6.42 Å². The van der Waals surface area contributed by atoms with Gasteiger partial charge in [-0.1, -0.05) is 35.0 Å². The summed E-state index contributed by atoms with van der Waals surface area (Å²) in [5, 5.41) is 4.76. The number of hydrogen-bond donors (Lipinski definition) is 1. The van der Waals surface area contributed by atoms with Crippen LogP contribution in [0.1, 0.15) is 34.1 Å². The molecule has 1 heterocycles. The van der Waals surface area contributed by atoms with Gasteiger partial charge in [0.05, 0.1) is 10.7 Å². The zero-order valence-electron chi connectivity index (χ0n) is 11.5. The normalized spacial score (nSPS) is 12.6. The van der Waals surface area contributed by atoms with Gasteiger partial charge in [0.15, 0.2) is 0 Å². The molecule has 4 heteroatoms. The summed E-state index contributed by atoms with van der Waals surface area (Å²) >= 11 is 5.35. The van der Waals surface area contributed by atoms with Gasteiger partial charge in [0, 0.05) is 21.8 Å². The minimum atomic E-state index is 0.326. The van der Waals surface area contributed by atoms with Gasteiger partial charge in [-0.25, -0.2) is 4.98 Å². The molecule has 0 fully saturated rings. The van der Waals surface area contributed by atoms with Crippen LogP contribution in [0.2, 0.25) is 0 Å². The Morgan fingerprint density at radius 2 is 2.16 bits per heavy atom. The van der Waals surface area contributed by atoms with Gasteiger partial charge in [-0.3, -0.25) is 0 Å². The van der Waals surface area contributed by atoms with Gasteiger partial charge in [-0.2, -0.15) is 0 Å². The van der Waals surface area contributed by atoms with Crippen molar-refractivity contribution in [3.63, 3.8) is 0 Å². The molecule has 1 N–H and O–H groups in total. The Morgan fingerprint density at radius 3 is 2.74 bits per heavy atom. The van der Waals surface area contributed by atoms with E-state index < -0.39 is 0 Å². The van der Waals surface area contributed by atoms with E-state index in [1.807, 2.05) is 0 Å². The monoisotopic (exact) mass is 338 g/mol. The van der Waals surface area contributed by atoms with Crippen LogP contribution >= 0.6 is 27.3 Å². The lowest BCUT2D eigenvalue weighted by Gasteiger charge is -2.17. The molecule has 0 aliphatic carbocycles. The van der Waals surface area contributed by atoms with Crippen molar-refractivity contribution in [3.8, 4) is 0 Å². The maximum absolute atomic E-state index is 4.65. The maximum atomic E-state index is 4.65. The Kier molecular flexibility index (Phi) is 5.13. The van der Waals surface area contributed by atoms with Crippen molar-refractivity contribution >= 4 is 27.3 Å². The number of aryl methyl sites for hydroxylation is 2. The van der Waals surface area contributed by atoms with E-state index in [4.69, 9.17) is 0 Å². The first kappa shape index (κ1) is 14.7. The first-order valence-electron chi connectivity index (χ1n) is 6.52. The van der Waals surface area contributed by atoms with Gasteiger partial charge in [-0.05, 0) is 38.1 Å². The van der Waals surface area contributed by atoms with Crippen LogP contribution in [0.4, 0.5) is 0 Å². The van der Waals surface area contributed by atoms with E-state index in [0.29, 0.717) is 6.04 Å². The third-order valence-corrected chi connectivity index (χ3v) is 4.74. The number of halogens is 1. The molecule has 0 aliphatic rings. The Labute approximate surface area is 127 Å². The van der Waals surface area contributed by atoms with Crippen molar-refractivity contribution < 1.29 is 0 Å². The average molecular weight is 339 g/mol. The molecule has 2 nitrogen and oxygen atoms in total. The number of likely N-dealkylation sites (N-methyl/N-ethyl adjacent to an activating group) is 1. The lowest BCUT2D eigenvalue weighted by atomic mass is 10.0. The zero-order valence-corrected chi connectivity index (χ0v) is 13.9. The summed E-state index contributed by atoms with van der Waals surface area (Å²) in [5.41, 5.74) is 2.46. The van der Waals surface area contributed by atoms with E-state index in [9.17, 15) is 0 Å². The first-order chi connectivity index (χ1) is 9.10. The van der Waals surface area contributed by atoms with Gasteiger partial charge < -0.3 is 5.32 Å². The number of rotatable bonds is 5. The molecule has 2 aromatic rings. The molecule has 1 aromatic carbocycles. The molecule has 0 radical (unpaired) electrons. The second-order valence-corrected chi connectivity index (χ2v) is 6.82. The third kappa shape index (κ3) is 3.88. The van der Waals surface area contributed by atoms with Gasteiger partial charge in [0.25, 0.3) is 0 Å². The Hall–Kier alpha value is -0.710. The Bertz CT molecular complexity index is 531. The summed E-state index contributed by atoms with van der Waals surface area (Å²) in [6.07, 6.45) is 0.948. The van der Waals surface area contributed by atoms with Crippen LogP contribution in [0, 0.1) is 13.8 Å². The smallest absolute Gasteiger partial charge is 0.0949 e. The molecule has 2 rings (SSSR count). The molecular formula is C15H19BrN2S. The quantitative estimate of drug-likeness (QED) is 0.872. The van der Waals surface area contributed by atoms with Crippen molar-refractivity contribution in [2.75, 3.05) is 6.54 Å². The van der Waals surface area contributed by atoms with Crippen LogP contribution in [0.3, 0.4) is 0 Å². The second kappa shape index (κ2) is 6.64. The molecule has 0 aliphatic heterocycles. The van der Waals surface area contributed by atoms with Crippen molar-refractivity contribution in [3.05, 3.63) is 49.9 Å². The van der Waals surface area contributed by atoms with Crippen LogP contribution < -0.4 is 5.32 Å². The highest BCUT2D eigenvalue weighted by Crippen LogP contribution is 2.25. The van der Waals surface area contributed by atoms with Crippen molar-refractivity contribution in [1.82, 2.24) is 10.3 Å². The summed E-state index contributed by atoms with van der Waals surface area (Å²) in [6.45, 7) is 7.32. The highest BCUT2D eigenvalue weighted by molar-refractivity contribution is 9.10. The number of nitrogens with one attached hydrogen (secondary N) is 1. The highest BCUT2D eigenvalue weighted by Gasteiger charge is 2.14. The molecule has 0 amide bonds. The molecule has 0 bridgehead atoms. The molecule has 1 aromatic heterocycles. The molecule has 0 spiro atoms. The van der Waals surface area contributed by atoms with Crippen LogP contribution in [0.15, 0.2) is 28.7 Å². The summed E-state index contributed by atoms with van der Waals surface area (Å²) in [6, 6.07) is 8.82. The van der Waals surface area contributed by atoms with Crippen molar-refractivity contribution in [2.45, 2.75) is 33.2 Å². The predicted molar refractivity (Wildman–Crippen MR) is 85.9 cm³/mol. The van der Waals surface area contributed by atoms with E-state index in [2.05, 4.69) is 71.3 Å². The van der Waals surface area contributed by atoms with Crippen molar-refractivity contribution in [1.29, 1.82) is 0 Å². The van der Waals surface area contributed by atoms with Crippen LogP contribution in [-0.4, -0.2) is 11.5 Å². The fourth-order valence-electron chi connectivity index (χ4n) is 2.08. The maximum Gasteiger partial charge on any atom is 0.0949 e. The molecule has 0 saturated carbocycles. The standard InChI is InChI=1S/C15H19BrN2S/c1-4-17-14(12-6-5-7-13(16)8-12)9-15-18-10(2)11(3)19-15/h5-8,14,17H,4,9H2,1-3H3. The zero-order chi connectivity index (χ0) is 13.8. The Morgan fingerprint density at radius 1 is 1.37 bits per heavy atom. The predicted octanol–water partition coefficient (Wildman–Crippen LogP) is 4.42. The number of aromatic nitrogens is 1. The largest absolute Gasteiger partial charge is 0.310 e. The van der Waals surface area contributed by atoms with Crippen molar-refractivity contribution in [2.24, 2.45) is 0 Å². The first-order valence-corrected chi connectivity index (χ1v) is 8.13. The molecule has 102 valence electrons. The highest BCUT2D eigenvalue weighted by atomic mass is 79.9. The SMILES string of the molecule is CCNC(Cc1nc(C)c(C)s1)c1cccc(Br)c1. The molecular weight excluding hydrogens is 320 g/mol. The topological polar surface area (TPSA) is 24.9 Å². The van der Waals surface area contributed by atoms with E-state index in [0.717, 1.165) is 23.1 Å². The molecule has 0 saturated heterocycles. The Balaban J connectivity index is 2.20. The van der Waals surface area contributed by atoms with E-state index in [1.54, 1.807) is 11.3 Å². The van der Waals surface area contributed by atoms with Gasteiger partial charge in [-0.15, -0.1) is 11.3 Å². The molecule has 19 heavy (non-hydrogen) atoms. The minimum absolute atomic E-state index is 0.326. The summed E-state index contributed by atoms with van der Waals surface area (Å²) in [7, 11) is 0. The molecule has 1 unspecified atom stereocenters. The second-order valence-electron chi connectivity index (χ2n) is 4.62. The number of hydrogen-bond acceptors (Lipinski definition) is 3. The minimum Gasteiger partial charge on any atom is -0.310 e. The van der Waals surface area contributed by atoms with E-state index in [-0.39, 0.29) is 0 Å². The summed E-state index contributed by atoms with van der Waals surface area (Å²) < 4.78 is 1.12. The average Bonchev–Trinajstić information content (AvgIpc) is 2.68. The summed E-state index contributed by atoms with van der Waals surface area (Å²) in [5.74, 6) is 0. The van der Waals surface area contributed by atoms with E-state index >= 15 is 0 Å². The fourth-order valence-corrected chi connectivity index (χ4v) is 3.48. The summed E-state index contributed by atoms with van der Waals surface area (Å²) in [4.78, 5) is 5.97. The van der Waals surface area contributed by atoms with Crippen LogP contribution in [0.5, 0.6) is 0 Å². The fraction of sp³-hybridized carbons (Fsp3) is 0.400. The van der Waals surface area contributed by atoms with Gasteiger partial charge in [0.1, 0.15) is 0 Å². The number of benzene rings is 1. The number of nitrogens with zero attached hydrogens (tertiary/aromatic N) is 1.